The van der Waals surface area contributed by atoms with Crippen molar-refractivity contribution in [2.45, 2.75) is 20.4 Å². The lowest BCUT2D eigenvalue weighted by molar-refractivity contribution is 0.340. The Bertz CT molecular complexity index is 599. The van der Waals surface area contributed by atoms with E-state index in [1.807, 2.05) is 50.2 Å². The van der Waals surface area contributed by atoms with Gasteiger partial charge in [-0.2, -0.15) is 0 Å². The van der Waals surface area contributed by atoms with Crippen molar-refractivity contribution < 1.29 is 4.74 Å². The number of hydrogen-bond acceptors (Lipinski definition) is 2. The molecular weight excluding hydrogens is 293 g/mol. The van der Waals surface area contributed by atoms with Crippen molar-refractivity contribution in [2.75, 3.05) is 11.9 Å². The third-order valence-electron chi connectivity index (χ3n) is 3.02. The molecule has 4 heteroatoms. The van der Waals surface area contributed by atoms with Gasteiger partial charge in [-0.3, -0.25) is 0 Å². The first kappa shape index (κ1) is 15.0. The highest BCUT2D eigenvalue weighted by Gasteiger charge is 2.03. The molecular formula is C16H17Cl2NO. The van der Waals surface area contributed by atoms with E-state index in [1.54, 1.807) is 0 Å². The van der Waals surface area contributed by atoms with E-state index in [9.17, 15) is 0 Å². The number of hydrogen-bond donors (Lipinski definition) is 1. The Balaban J connectivity index is 2.05. The number of rotatable bonds is 5. The van der Waals surface area contributed by atoms with Crippen molar-refractivity contribution in [3.63, 3.8) is 0 Å². The minimum absolute atomic E-state index is 0.608. The molecule has 2 aromatic carbocycles. The molecule has 106 valence electrons. The van der Waals surface area contributed by atoms with Crippen molar-refractivity contribution in [3.05, 3.63) is 57.6 Å². The van der Waals surface area contributed by atoms with Gasteiger partial charge in [0, 0.05) is 17.3 Å². The molecule has 0 atom stereocenters. The fourth-order valence-corrected chi connectivity index (χ4v) is 2.40. The maximum atomic E-state index is 6.16. The summed E-state index contributed by atoms with van der Waals surface area (Å²) in [5.41, 5.74) is 3.34. The Morgan fingerprint density at radius 1 is 1.10 bits per heavy atom. The normalized spacial score (nSPS) is 10.4. The Kier molecular flexibility index (Phi) is 5.16. The standard InChI is InChI=1S/C16H17Cl2NO/c1-3-20-16-7-6-14(9-15(16)18)19-10-12-4-5-13(17)8-11(12)2/h4-9,19H,3,10H2,1-2H3. The number of aryl methyl sites for hydroxylation is 1. The second-order valence-electron chi connectivity index (χ2n) is 4.50. The molecule has 0 saturated carbocycles. The summed E-state index contributed by atoms with van der Waals surface area (Å²) in [4.78, 5) is 0. The summed E-state index contributed by atoms with van der Waals surface area (Å²) in [5.74, 6) is 0.711. The first-order valence-electron chi connectivity index (χ1n) is 6.51. The fraction of sp³-hybridized carbons (Fsp3) is 0.250. The summed E-state index contributed by atoms with van der Waals surface area (Å²) < 4.78 is 5.41. The summed E-state index contributed by atoms with van der Waals surface area (Å²) in [5, 5.41) is 4.72. The third-order valence-corrected chi connectivity index (χ3v) is 3.55. The van der Waals surface area contributed by atoms with Gasteiger partial charge in [0.05, 0.1) is 11.6 Å². The minimum Gasteiger partial charge on any atom is -0.492 e. The molecule has 2 rings (SSSR count). The number of nitrogens with one attached hydrogen (secondary N) is 1. The van der Waals surface area contributed by atoms with Crippen molar-refractivity contribution in [3.8, 4) is 5.75 Å². The zero-order valence-corrected chi connectivity index (χ0v) is 13.1. The van der Waals surface area contributed by atoms with Crippen molar-refractivity contribution in [2.24, 2.45) is 0 Å². The monoisotopic (exact) mass is 309 g/mol. The number of halogens is 2. The second-order valence-corrected chi connectivity index (χ2v) is 5.35. The van der Waals surface area contributed by atoms with Gasteiger partial charge in [-0.25, -0.2) is 0 Å². The van der Waals surface area contributed by atoms with E-state index in [1.165, 1.54) is 11.1 Å². The lowest BCUT2D eigenvalue weighted by Gasteiger charge is -2.11. The van der Waals surface area contributed by atoms with Crippen LogP contribution in [0.3, 0.4) is 0 Å². The Morgan fingerprint density at radius 2 is 1.90 bits per heavy atom. The molecule has 0 aliphatic carbocycles. The van der Waals surface area contributed by atoms with E-state index in [-0.39, 0.29) is 0 Å². The highest BCUT2D eigenvalue weighted by Crippen LogP contribution is 2.28. The number of benzene rings is 2. The predicted molar refractivity (Wildman–Crippen MR) is 86.1 cm³/mol. The molecule has 0 unspecified atom stereocenters. The Hall–Kier alpha value is -1.38. The number of ether oxygens (including phenoxy) is 1. The van der Waals surface area contributed by atoms with Crippen LogP contribution in [0.25, 0.3) is 0 Å². The molecule has 0 bridgehead atoms. The van der Waals surface area contributed by atoms with Gasteiger partial charge in [0.25, 0.3) is 0 Å². The molecule has 2 aromatic rings. The van der Waals surface area contributed by atoms with Gasteiger partial charge in [-0.1, -0.05) is 29.3 Å². The van der Waals surface area contributed by atoms with Crippen LogP contribution in [0.2, 0.25) is 10.0 Å². The van der Waals surface area contributed by atoms with Crippen LogP contribution in [-0.4, -0.2) is 6.61 Å². The molecule has 1 N–H and O–H groups in total. The molecule has 0 aliphatic rings. The molecule has 0 heterocycles. The quantitative estimate of drug-likeness (QED) is 0.807. The zero-order chi connectivity index (χ0) is 14.5. The maximum absolute atomic E-state index is 6.16. The lowest BCUT2D eigenvalue weighted by atomic mass is 10.1. The summed E-state index contributed by atoms with van der Waals surface area (Å²) >= 11 is 12.1. The Morgan fingerprint density at radius 3 is 2.55 bits per heavy atom. The van der Waals surface area contributed by atoms with E-state index in [0.29, 0.717) is 17.4 Å². The van der Waals surface area contributed by atoms with E-state index < -0.39 is 0 Å². The van der Waals surface area contributed by atoms with Gasteiger partial charge < -0.3 is 10.1 Å². The van der Waals surface area contributed by atoms with Crippen LogP contribution in [0, 0.1) is 6.92 Å². The molecule has 0 amide bonds. The second kappa shape index (κ2) is 6.87. The van der Waals surface area contributed by atoms with E-state index in [0.717, 1.165) is 17.3 Å². The molecule has 0 fully saturated rings. The average molecular weight is 310 g/mol. The zero-order valence-electron chi connectivity index (χ0n) is 11.5. The van der Waals surface area contributed by atoms with Gasteiger partial charge in [-0.15, -0.1) is 0 Å². The van der Waals surface area contributed by atoms with Gasteiger partial charge in [0.2, 0.25) is 0 Å². The molecule has 0 aromatic heterocycles. The van der Waals surface area contributed by atoms with Crippen LogP contribution in [0.4, 0.5) is 5.69 Å². The molecule has 2 nitrogen and oxygen atoms in total. The van der Waals surface area contributed by atoms with Crippen LogP contribution in [0.1, 0.15) is 18.1 Å². The minimum atomic E-state index is 0.608. The van der Waals surface area contributed by atoms with Crippen LogP contribution in [0.15, 0.2) is 36.4 Å². The van der Waals surface area contributed by atoms with E-state index in [2.05, 4.69) is 5.32 Å². The van der Waals surface area contributed by atoms with Gasteiger partial charge in [-0.05, 0) is 55.3 Å². The molecule has 0 aliphatic heterocycles. The third kappa shape index (κ3) is 3.81. The molecule has 20 heavy (non-hydrogen) atoms. The molecule has 0 radical (unpaired) electrons. The molecule has 0 saturated heterocycles. The summed E-state index contributed by atoms with van der Waals surface area (Å²) in [6.45, 7) is 5.32. The van der Waals surface area contributed by atoms with Crippen LogP contribution in [-0.2, 0) is 6.54 Å². The maximum Gasteiger partial charge on any atom is 0.138 e. The summed E-state index contributed by atoms with van der Waals surface area (Å²) in [6.07, 6.45) is 0. The summed E-state index contributed by atoms with van der Waals surface area (Å²) in [7, 11) is 0. The SMILES string of the molecule is CCOc1ccc(NCc2ccc(Cl)cc2C)cc1Cl. The lowest BCUT2D eigenvalue weighted by Crippen LogP contribution is -2.01. The number of anilines is 1. The first-order chi connectivity index (χ1) is 9.60. The largest absolute Gasteiger partial charge is 0.492 e. The van der Waals surface area contributed by atoms with Gasteiger partial charge >= 0.3 is 0 Å². The van der Waals surface area contributed by atoms with Crippen molar-refractivity contribution >= 4 is 28.9 Å². The van der Waals surface area contributed by atoms with E-state index >= 15 is 0 Å². The van der Waals surface area contributed by atoms with Gasteiger partial charge in [0.15, 0.2) is 0 Å². The molecule has 0 spiro atoms. The predicted octanol–water partition coefficient (Wildman–Crippen LogP) is 5.31. The highest BCUT2D eigenvalue weighted by atomic mass is 35.5. The van der Waals surface area contributed by atoms with Crippen molar-refractivity contribution in [1.29, 1.82) is 0 Å². The summed E-state index contributed by atoms with van der Waals surface area (Å²) in [6, 6.07) is 11.6. The van der Waals surface area contributed by atoms with Crippen molar-refractivity contribution in [1.82, 2.24) is 0 Å². The van der Waals surface area contributed by atoms with E-state index in [4.69, 9.17) is 27.9 Å². The average Bonchev–Trinajstić information content (AvgIpc) is 2.41. The fourth-order valence-electron chi connectivity index (χ4n) is 1.94. The topological polar surface area (TPSA) is 21.3 Å². The van der Waals surface area contributed by atoms with Crippen LogP contribution in [0.5, 0.6) is 5.75 Å². The van der Waals surface area contributed by atoms with Gasteiger partial charge in [0.1, 0.15) is 5.75 Å². The Labute approximate surface area is 129 Å². The van der Waals surface area contributed by atoms with Crippen LogP contribution >= 0.6 is 23.2 Å². The van der Waals surface area contributed by atoms with Crippen LogP contribution < -0.4 is 10.1 Å². The highest BCUT2D eigenvalue weighted by molar-refractivity contribution is 6.32. The smallest absolute Gasteiger partial charge is 0.138 e. The first-order valence-corrected chi connectivity index (χ1v) is 7.27.